The summed E-state index contributed by atoms with van der Waals surface area (Å²) in [7, 11) is 0. The Labute approximate surface area is 125 Å². The first kappa shape index (κ1) is 16.7. The van der Waals surface area contributed by atoms with E-state index < -0.39 is 0 Å². The number of benzene rings is 1. The molecule has 20 heavy (non-hydrogen) atoms. The highest BCUT2D eigenvalue weighted by atomic mass is 32.2. The van der Waals surface area contributed by atoms with E-state index >= 15 is 0 Å². The molecule has 0 spiro atoms. The molecule has 0 radical (unpaired) electrons. The summed E-state index contributed by atoms with van der Waals surface area (Å²) >= 11 is 1.37. The molecule has 0 aliphatic heterocycles. The lowest BCUT2D eigenvalue weighted by molar-refractivity contribution is -0.111. The van der Waals surface area contributed by atoms with Crippen LogP contribution >= 0.6 is 11.8 Å². The van der Waals surface area contributed by atoms with E-state index in [4.69, 9.17) is 0 Å². The maximum Gasteiger partial charge on any atom is 0.189 e. The van der Waals surface area contributed by atoms with Gasteiger partial charge in [0.15, 0.2) is 5.12 Å². The van der Waals surface area contributed by atoms with Crippen LogP contribution in [0.25, 0.3) is 0 Å². The van der Waals surface area contributed by atoms with Gasteiger partial charge in [0.25, 0.3) is 0 Å². The third-order valence-corrected chi connectivity index (χ3v) is 4.24. The van der Waals surface area contributed by atoms with Crippen molar-refractivity contribution in [2.45, 2.75) is 33.1 Å². The summed E-state index contributed by atoms with van der Waals surface area (Å²) in [5.74, 6) is 0.861. The topological polar surface area (TPSA) is 34.1 Å². The third kappa shape index (κ3) is 5.74. The summed E-state index contributed by atoms with van der Waals surface area (Å²) in [4.78, 5) is 22.9. The van der Waals surface area contributed by atoms with Gasteiger partial charge in [0.2, 0.25) is 0 Å². The number of aldehydes is 1. The van der Waals surface area contributed by atoms with Gasteiger partial charge in [-0.3, -0.25) is 9.59 Å². The highest BCUT2D eigenvalue weighted by molar-refractivity contribution is 8.13. The predicted molar refractivity (Wildman–Crippen MR) is 85.8 cm³/mol. The lowest BCUT2D eigenvalue weighted by atomic mass is 9.94. The first-order valence-corrected chi connectivity index (χ1v) is 8.00. The van der Waals surface area contributed by atoms with Gasteiger partial charge < -0.3 is 0 Å². The molecule has 0 unspecified atom stereocenters. The van der Waals surface area contributed by atoms with Crippen LogP contribution < -0.4 is 0 Å². The zero-order valence-corrected chi connectivity index (χ0v) is 13.0. The minimum Gasteiger partial charge on any atom is -0.298 e. The van der Waals surface area contributed by atoms with E-state index in [9.17, 15) is 9.59 Å². The molecule has 1 aromatic carbocycles. The molecular formula is C17H22O2S. The quantitative estimate of drug-likeness (QED) is 0.535. The molecule has 0 aliphatic carbocycles. The second-order valence-electron chi connectivity index (χ2n) is 4.67. The molecule has 0 aliphatic rings. The number of allylic oxidation sites excluding steroid dienone is 2. The second-order valence-corrected chi connectivity index (χ2v) is 5.82. The van der Waals surface area contributed by atoms with Gasteiger partial charge in [-0.2, -0.15) is 0 Å². The van der Waals surface area contributed by atoms with Crippen molar-refractivity contribution >= 4 is 23.2 Å². The molecule has 3 heteroatoms. The maximum atomic E-state index is 12.0. The van der Waals surface area contributed by atoms with Crippen molar-refractivity contribution in [1.29, 1.82) is 0 Å². The highest BCUT2D eigenvalue weighted by Gasteiger charge is 2.16. The van der Waals surface area contributed by atoms with Crippen molar-refractivity contribution in [2.24, 2.45) is 5.92 Å². The van der Waals surface area contributed by atoms with Crippen LogP contribution in [0.2, 0.25) is 0 Å². The molecule has 2 nitrogen and oxygen atoms in total. The minimum atomic E-state index is 0.0641. The molecule has 0 bridgehead atoms. The number of hydrogen-bond acceptors (Lipinski definition) is 3. The Morgan fingerprint density at radius 2 is 2.00 bits per heavy atom. The van der Waals surface area contributed by atoms with Gasteiger partial charge >= 0.3 is 0 Å². The molecule has 1 rings (SSSR count). The number of carbonyl (C=O) groups is 2. The molecule has 0 amide bonds. The minimum absolute atomic E-state index is 0.0641. The van der Waals surface area contributed by atoms with Gasteiger partial charge in [-0.05, 0) is 36.8 Å². The van der Waals surface area contributed by atoms with Crippen molar-refractivity contribution in [3.8, 4) is 0 Å². The number of hydrogen-bond donors (Lipinski definition) is 0. The van der Waals surface area contributed by atoms with Gasteiger partial charge in [0.1, 0.15) is 6.29 Å². The first-order chi connectivity index (χ1) is 9.71. The maximum absolute atomic E-state index is 12.0. The molecule has 0 fully saturated rings. The summed E-state index contributed by atoms with van der Waals surface area (Å²) < 4.78 is 0. The Bertz CT molecular complexity index is 451. The van der Waals surface area contributed by atoms with Crippen molar-refractivity contribution < 1.29 is 9.59 Å². The summed E-state index contributed by atoms with van der Waals surface area (Å²) in [6, 6.07) is 10.2. The van der Waals surface area contributed by atoms with Crippen LogP contribution in [0.1, 0.15) is 32.3 Å². The van der Waals surface area contributed by atoms with E-state index in [1.165, 1.54) is 17.3 Å². The molecule has 0 heterocycles. The summed E-state index contributed by atoms with van der Waals surface area (Å²) in [5, 5.41) is 0.175. The van der Waals surface area contributed by atoms with Crippen LogP contribution in [0, 0.1) is 5.92 Å². The Balaban J connectivity index is 2.37. The Morgan fingerprint density at radius 3 is 2.55 bits per heavy atom. The average molecular weight is 290 g/mol. The van der Waals surface area contributed by atoms with E-state index in [2.05, 4.69) is 12.1 Å². The summed E-state index contributed by atoms with van der Waals surface area (Å²) in [6.07, 6.45) is 4.86. The van der Waals surface area contributed by atoms with Crippen LogP contribution in [0.4, 0.5) is 0 Å². The predicted octanol–water partition coefficient (Wildman–Crippen LogP) is 4.05. The molecule has 1 atom stereocenters. The van der Waals surface area contributed by atoms with Gasteiger partial charge in [-0.25, -0.2) is 0 Å². The smallest absolute Gasteiger partial charge is 0.189 e. The average Bonchev–Trinajstić information content (AvgIpc) is 2.48. The molecule has 1 aromatic rings. The normalized spacial score (nSPS) is 13.0. The fourth-order valence-corrected chi connectivity index (χ4v) is 2.97. The van der Waals surface area contributed by atoms with Crippen LogP contribution in [-0.4, -0.2) is 17.2 Å². The summed E-state index contributed by atoms with van der Waals surface area (Å²) in [5.41, 5.74) is 1.99. The molecule has 0 saturated heterocycles. The van der Waals surface area contributed by atoms with E-state index in [1.807, 2.05) is 38.1 Å². The highest BCUT2D eigenvalue weighted by Crippen LogP contribution is 2.21. The van der Waals surface area contributed by atoms with Gasteiger partial charge in [-0.15, -0.1) is 0 Å². The largest absolute Gasteiger partial charge is 0.298 e. The van der Waals surface area contributed by atoms with Crippen LogP contribution in [0.5, 0.6) is 0 Å². The fraction of sp³-hybridized carbons (Fsp3) is 0.412. The standard InChI is InChI=1S/C17H22O2S/c1-3-15(16(4-2)13-18)12-17(19)20-11-10-14-8-6-5-7-9-14/h4-9,13,15H,3,10-12H2,1-2H3/b16-4-/t15-/m0/s1. The van der Waals surface area contributed by atoms with E-state index in [1.54, 1.807) is 0 Å². The van der Waals surface area contributed by atoms with Crippen molar-refractivity contribution in [3.63, 3.8) is 0 Å². The van der Waals surface area contributed by atoms with Gasteiger partial charge in [-0.1, -0.05) is 55.1 Å². The van der Waals surface area contributed by atoms with Crippen LogP contribution in [0.15, 0.2) is 42.0 Å². The molecular weight excluding hydrogens is 268 g/mol. The molecule has 0 aromatic heterocycles. The van der Waals surface area contributed by atoms with Crippen molar-refractivity contribution in [1.82, 2.24) is 0 Å². The third-order valence-electron chi connectivity index (χ3n) is 3.34. The van der Waals surface area contributed by atoms with Crippen molar-refractivity contribution in [2.75, 3.05) is 5.75 Å². The lowest BCUT2D eigenvalue weighted by Crippen LogP contribution is -2.09. The monoisotopic (exact) mass is 290 g/mol. The van der Waals surface area contributed by atoms with Crippen LogP contribution in [-0.2, 0) is 16.0 Å². The van der Waals surface area contributed by atoms with Gasteiger partial charge in [0, 0.05) is 12.2 Å². The van der Waals surface area contributed by atoms with Crippen LogP contribution in [0.3, 0.4) is 0 Å². The van der Waals surface area contributed by atoms with E-state index in [0.29, 0.717) is 6.42 Å². The van der Waals surface area contributed by atoms with Crippen molar-refractivity contribution in [3.05, 3.63) is 47.5 Å². The second kappa shape index (κ2) is 9.54. The zero-order chi connectivity index (χ0) is 14.8. The fourth-order valence-electron chi connectivity index (χ4n) is 2.09. The first-order valence-electron chi connectivity index (χ1n) is 7.02. The van der Waals surface area contributed by atoms with Gasteiger partial charge in [0.05, 0.1) is 0 Å². The zero-order valence-electron chi connectivity index (χ0n) is 12.2. The Kier molecular flexibility index (Phi) is 7.97. The summed E-state index contributed by atoms with van der Waals surface area (Å²) in [6.45, 7) is 3.86. The molecule has 108 valence electrons. The molecule has 0 saturated carbocycles. The number of rotatable bonds is 8. The van der Waals surface area contributed by atoms with E-state index in [-0.39, 0.29) is 11.0 Å². The Hall–Kier alpha value is -1.35. The SMILES string of the molecule is C/C=C(/C=O)[C@@H](CC)CC(=O)SCCc1ccccc1. The number of aryl methyl sites for hydroxylation is 1. The number of carbonyl (C=O) groups excluding carboxylic acids is 2. The Morgan fingerprint density at radius 1 is 1.30 bits per heavy atom. The lowest BCUT2D eigenvalue weighted by Gasteiger charge is -2.13. The molecule has 0 N–H and O–H groups in total. The van der Waals surface area contributed by atoms with E-state index in [0.717, 1.165) is 30.5 Å². The number of thioether (sulfide) groups is 1.